The number of carbonyl (C=O) groups excluding carboxylic acids is 1. The van der Waals surface area contributed by atoms with Gasteiger partial charge in [0, 0.05) is 14.1 Å². The molecule has 0 atom stereocenters. The first-order valence-electron chi connectivity index (χ1n) is 8.23. The molecular weight excluding hydrogens is 366 g/mol. The summed E-state index contributed by atoms with van der Waals surface area (Å²) < 4.78 is 1.55. The molecule has 0 aliphatic rings. The van der Waals surface area contributed by atoms with Crippen molar-refractivity contribution in [2.45, 2.75) is 0 Å². The molecule has 27 heavy (non-hydrogen) atoms. The van der Waals surface area contributed by atoms with Crippen LogP contribution >= 0.6 is 11.6 Å². The van der Waals surface area contributed by atoms with E-state index >= 15 is 0 Å². The SMILES string of the molecule is CN(C)c1c(Cl)cccc1NC(=O)c1cnn2c1[nH]c(=O)c1ccccc12. The molecule has 7 nitrogen and oxygen atoms in total. The second-order valence-corrected chi connectivity index (χ2v) is 6.68. The number of aromatic nitrogens is 3. The van der Waals surface area contributed by atoms with Crippen molar-refractivity contribution in [2.24, 2.45) is 0 Å². The van der Waals surface area contributed by atoms with Gasteiger partial charge in [-0.15, -0.1) is 0 Å². The molecule has 0 aliphatic carbocycles. The van der Waals surface area contributed by atoms with Crippen LogP contribution in [0.3, 0.4) is 0 Å². The van der Waals surface area contributed by atoms with Gasteiger partial charge in [-0.3, -0.25) is 9.59 Å². The normalized spacial score (nSPS) is 11.1. The number of rotatable bonds is 3. The molecule has 136 valence electrons. The number of benzene rings is 2. The van der Waals surface area contributed by atoms with Gasteiger partial charge in [0.25, 0.3) is 11.5 Å². The summed E-state index contributed by atoms with van der Waals surface area (Å²) in [7, 11) is 3.69. The Labute approximate surface area is 159 Å². The van der Waals surface area contributed by atoms with E-state index in [1.807, 2.05) is 25.1 Å². The Morgan fingerprint density at radius 2 is 1.96 bits per heavy atom. The highest BCUT2D eigenvalue weighted by molar-refractivity contribution is 6.34. The molecule has 8 heteroatoms. The van der Waals surface area contributed by atoms with Gasteiger partial charge in [0.1, 0.15) is 11.2 Å². The van der Waals surface area contributed by atoms with Crippen LogP contribution in [0.15, 0.2) is 53.5 Å². The maximum atomic E-state index is 12.9. The quantitative estimate of drug-likeness (QED) is 0.571. The van der Waals surface area contributed by atoms with E-state index in [2.05, 4.69) is 15.4 Å². The number of fused-ring (bicyclic) bond motifs is 3. The zero-order valence-electron chi connectivity index (χ0n) is 14.7. The van der Waals surface area contributed by atoms with Crippen LogP contribution < -0.4 is 15.8 Å². The molecule has 2 aromatic heterocycles. The molecule has 0 saturated heterocycles. The molecule has 2 N–H and O–H groups in total. The van der Waals surface area contributed by atoms with Gasteiger partial charge >= 0.3 is 0 Å². The average Bonchev–Trinajstić information content (AvgIpc) is 3.05. The van der Waals surface area contributed by atoms with Crippen molar-refractivity contribution < 1.29 is 4.79 Å². The molecule has 0 fully saturated rings. The lowest BCUT2D eigenvalue weighted by atomic mass is 10.2. The van der Waals surface area contributed by atoms with Crippen molar-refractivity contribution in [2.75, 3.05) is 24.3 Å². The maximum absolute atomic E-state index is 12.9. The summed E-state index contributed by atoms with van der Waals surface area (Å²) in [6.45, 7) is 0. The number of para-hydroxylation sites is 2. The summed E-state index contributed by atoms with van der Waals surface area (Å²) >= 11 is 6.26. The fraction of sp³-hybridized carbons (Fsp3) is 0.105. The summed E-state index contributed by atoms with van der Waals surface area (Å²) in [6.07, 6.45) is 1.44. The van der Waals surface area contributed by atoms with Crippen LogP contribution in [0, 0.1) is 0 Å². The summed E-state index contributed by atoms with van der Waals surface area (Å²) in [5, 5.41) is 8.16. The molecule has 0 spiro atoms. The third-order valence-electron chi connectivity index (χ3n) is 4.30. The molecule has 2 aromatic carbocycles. The maximum Gasteiger partial charge on any atom is 0.261 e. The van der Waals surface area contributed by atoms with Gasteiger partial charge in [-0.1, -0.05) is 29.8 Å². The molecular formula is C19H16ClN5O2. The number of nitrogens with one attached hydrogen (secondary N) is 2. The fourth-order valence-electron chi connectivity index (χ4n) is 3.10. The number of hydrogen-bond donors (Lipinski definition) is 2. The molecule has 0 unspecified atom stereocenters. The van der Waals surface area contributed by atoms with E-state index < -0.39 is 0 Å². The zero-order valence-corrected chi connectivity index (χ0v) is 15.4. The fourth-order valence-corrected chi connectivity index (χ4v) is 3.45. The third kappa shape index (κ3) is 2.82. The number of hydrogen-bond acceptors (Lipinski definition) is 4. The highest BCUT2D eigenvalue weighted by Crippen LogP contribution is 2.32. The van der Waals surface area contributed by atoms with Crippen LogP contribution in [0.4, 0.5) is 11.4 Å². The van der Waals surface area contributed by atoms with Crippen LogP contribution in [0.1, 0.15) is 10.4 Å². The Morgan fingerprint density at radius 1 is 1.19 bits per heavy atom. The van der Waals surface area contributed by atoms with Gasteiger partial charge in [-0.05, 0) is 24.3 Å². The van der Waals surface area contributed by atoms with Crippen molar-refractivity contribution in [1.29, 1.82) is 0 Å². The zero-order chi connectivity index (χ0) is 19.1. The van der Waals surface area contributed by atoms with E-state index in [1.165, 1.54) is 6.20 Å². The Bertz CT molecular complexity index is 1240. The largest absolute Gasteiger partial charge is 0.375 e. The number of H-pyrrole nitrogens is 1. The minimum atomic E-state index is -0.388. The smallest absolute Gasteiger partial charge is 0.261 e. The predicted molar refractivity (Wildman–Crippen MR) is 107 cm³/mol. The van der Waals surface area contributed by atoms with E-state index in [1.54, 1.807) is 40.9 Å². The number of aromatic amines is 1. The van der Waals surface area contributed by atoms with Crippen LogP contribution in [-0.2, 0) is 0 Å². The monoisotopic (exact) mass is 381 g/mol. The first kappa shape index (κ1) is 17.1. The van der Waals surface area contributed by atoms with E-state index in [0.29, 0.717) is 32.9 Å². The predicted octanol–water partition coefficient (Wildman–Crippen LogP) is 3.15. The van der Waals surface area contributed by atoms with Crippen LogP contribution in [-0.4, -0.2) is 34.6 Å². The Morgan fingerprint density at radius 3 is 2.74 bits per heavy atom. The molecule has 4 aromatic rings. The van der Waals surface area contributed by atoms with Gasteiger partial charge in [-0.2, -0.15) is 5.10 Å². The summed E-state index contributed by atoms with van der Waals surface area (Å²) in [6, 6.07) is 12.4. The third-order valence-corrected chi connectivity index (χ3v) is 4.61. The molecule has 0 radical (unpaired) electrons. The summed E-state index contributed by atoms with van der Waals surface area (Å²) in [5.74, 6) is -0.388. The lowest BCUT2D eigenvalue weighted by Crippen LogP contribution is -2.18. The highest BCUT2D eigenvalue weighted by Gasteiger charge is 2.18. The first-order chi connectivity index (χ1) is 13.0. The second-order valence-electron chi connectivity index (χ2n) is 6.27. The number of carbonyl (C=O) groups is 1. The van der Waals surface area contributed by atoms with Gasteiger partial charge < -0.3 is 15.2 Å². The molecule has 0 saturated carbocycles. The van der Waals surface area contributed by atoms with E-state index in [0.717, 1.165) is 0 Å². The van der Waals surface area contributed by atoms with Gasteiger partial charge in [0.15, 0.2) is 0 Å². The van der Waals surface area contributed by atoms with Crippen molar-refractivity contribution >= 4 is 45.4 Å². The Kier molecular flexibility index (Phi) is 4.08. The number of nitrogens with zero attached hydrogens (tertiary/aromatic N) is 3. The molecule has 2 heterocycles. The number of halogens is 1. The van der Waals surface area contributed by atoms with Crippen LogP contribution in [0.2, 0.25) is 5.02 Å². The van der Waals surface area contributed by atoms with Crippen LogP contribution in [0.5, 0.6) is 0 Å². The minimum absolute atomic E-state index is 0.266. The Balaban J connectivity index is 1.81. The van der Waals surface area contributed by atoms with Crippen molar-refractivity contribution in [3.63, 3.8) is 0 Å². The second kappa shape index (κ2) is 6.44. The van der Waals surface area contributed by atoms with Crippen molar-refractivity contribution in [1.82, 2.24) is 14.6 Å². The lowest BCUT2D eigenvalue weighted by molar-refractivity contribution is 0.102. The van der Waals surface area contributed by atoms with E-state index in [4.69, 9.17) is 11.6 Å². The van der Waals surface area contributed by atoms with Gasteiger partial charge in [0.05, 0.1) is 33.5 Å². The minimum Gasteiger partial charge on any atom is -0.375 e. The van der Waals surface area contributed by atoms with Crippen molar-refractivity contribution in [3.05, 3.63) is 69.6 Å². The molecule has 1 amide bonds. The Hall–Kier alpha value is -3.32. The number of anilines is 2. The first-order valence-corrected chi connectivity index (χ1v) is 8.61. The summed E-state index contributed by atoms with van der Waals surface area (Å²) in [4.78, 5) is 29.8. The topological polar surface area (TPSA) is 82.5 Å². The molecule has 0 aliphatic heterocycles. The van der Waals surface area contributed by atoms with Gasteiger partial charge in [-0.25, -0.2) is 4.52 Å². The molecule has 0 bridgehead atoms. The summed E-state index contributed by atoms with van der Waals surface area (Å²) in [5.41, 5.74) is 2.23. The average molecular weight is 382 g/mol. The van der Waals surface area contributed by atoms with Gasteiger partial charge in [0.2, 0.25) is 0 Å². The number of amides is 1. The standard InChI is InChI=1S/C19H16ClN5O2/c1-24(2)16-13(20)7-5-8-14(16)22-19(27)12-10-21-25-15-9-4-3-6-11(15)18(26)23-17(12)25/h3-10H,1-2H3,(H,22,27)(H,23,26). The van der Waals surface area contributed by atoms with E-state index in [-0.39, 0.29) is 17.0 Å². The van der Waals surface area contributed by atoms with Crippen molar-refractivity contribution in [3.8, 4) is 0 Å². The van der Waals surface area contributed by atoms with E-state index in [9.17, 15) is 9.59 Å². The lowest BCUT2D eigenvalue weighted by Gasteiger charge is -2.19. The van der Waals surface area contributed by atoms with Crippen LogP contribution in [0.25, 0.3) is 16.6 Å². The molecule has 4 rings (SSSR count). The highest BCUT2D eigenvalue weighted by atomic mass is 35.5.